The highest BCUT2D eigenvalue weighted by Crippen LogP contribution is 2.30. The number of aryl methyl sites for hydroxylation is 2. The van der Waals surface area contributed by atoms with Gasteiger partial charge in [0, 0.05) is 35.5 Å². The minimum atomic E-state index is -2.05. The summed E-state index contributed by atoms with van der Waals surface area (Å²) in [7, 11) is 3.72. The third-order valence-corrected chi connectivity index (χ3v) is 7.16. The second kappa shape index (κ2) is 11.3. The monoisotopic (exact) mass is 536 g/mol. The van der Waals surface area contributed by atoms with E-state index < -0.39 is 36.4 Å². The van der Waals surface area contributed by atoms with E-state index in [4.69, 9.17) is 32.7 Å². The number of hydrogen-bond acceptors (Lipinski definition) is 8. The number of nitrogens with zero attached hydrogens (tertiary/aromatic N) is 2. The lowest BCUT2D eigenvalue weighted by Gasteiger charge is -2.26. The van der Waals surface area contributed by atoms with Crippen LogP contribution in [0, 0.1) is 0 Å². The standard InChI is InChI=1S/C26H30Cl2N2O6/c1-29-13-19(9-5-15-3-7-17(27)11-21(15)29)35-25(33)23(31)24(32)26(34)36-20-10-6-16-4-8-18(28)12-22(16)30(2)14-20/h3-4,7-8,11-12,19-20,23-24,31-32H,5-6,9-10,13-14H2,1-2H3. The van der Waals surface area contributed by atoms with Gasteiger partial charge in [0.2, 0.25) is 0 Å². The van der Waals surface area contributed by atoms with E-state index in [0.29, 0.717) is 48.8 Å². The molecule has 0 aliphatic carbocycles. The van der Waals surface area contributed by atoms with E-state index >= 15 is 0 Å². The quantitative estimate of drug-likeness (QED) is 0.562. The Morgan fingerprint density at radius 1 is 0.806 bits per heavy atom. The number of likely N-dealkylation sites (N-methyl/N-ethyl adjacent to an activating group) is 2. The number of rotatable bonds is 5. The molecular formula is C26H30Cl2N2O6. The number of halogens is 2. The van der Waals surface area contributed by atoms with Gasteiger partial charge in [-0.1, -0.05) is 35.3 Å². The smallest absolute Gasteiger partial charge is 0.338 e. The van der Waals surface area contributed by atoms with E-state index in [0.717, 1.165) is 22.5 Å². The molecule has 0 saturated carbocycles. The largest absolute Gasteiger partial charge is 0.458 e. The third-order valence-electron chi connectivity index (χ3n) is 6.69. The maximum absolute atomic E-state index is 12.6. The van der Waals surface area contributed by atoms with Crippen molar-refractivity contribution in [1.82, 2.24) is 0 Å². The van der Waals surface area contributed by atoms with Gasteiger partial charge in [-0.15, -0.1) is 0 Å². The number of carbonyl (C=O) groups excluding carboxylic acids is 2. The molecule has 0 amide bonds. The third kappa shape index (κ3) is 6.06. The zero-order valence-corrected chi connectivity index (χ0v) is 21.7. The molecule has 2 aliphatic heterocycles. The molecule has 2 N–H and O–H groups in total. The second-order valence-corrected chi connectivity index (χ2v) is 10.3. The molecule has 0 fully saturated rings. The van der Waals surface area contributed by atoms with Crippen molar-refractivity contribution in [2.45, 2.75) is 50.1 Å². The average Bonchev–Trinajstić information content (AvgIpc) is 3.09. The molecule has 8 nitrogen and oxygen atoms in total. The molecule has 36 heavy (non-hydrogen) atoms. The lowest BCUT2D eigenvalue weighted by molar-refractivity contribution is -0.178. The lowest BCUT2D eigenvalue weighted by Crippen LogP contribution is -2.45. The van der Waals surface area contributed by atoms with Crippen molar-refractivity contribution in [3.8, 4) is 0 Å². The fourth-order valence-electron chi connectivity index (χ4n) is 4.75. The molecule has 0 aromatic heterocycles. The molecule has 2 aliphatic rings. The minimum absolute atomic E-state index is 0.380. The summed E-state index contributed by atoms with van der Waals surface area (Å²) in [6.45, 7) is 0.761. The first-order valence-corrected chi connectivity index (χ1v) is 12.6. The maximum atomic E-state index is 12.6. The molecule has 0 spiro atoms. The molecule has 2 aromatic rings. The summed E-state index contributed by atoms with van der Waals surface area (Å²) in [5.41, 5.74) is 4.04. The molecule has 4 rings (SSSR count). The molecule has 0 radical (unpaired) electrons. The predicted octanol–water partition coefficient (Wildman–Crippen LogP) is 3.00. The van der Waals surface area contributed by atoms with Crippen molar-refractivity contribution < 1.29 is 29.3 Å². The summed E-state index contributed by atoms with van der Waals surface area (Å²) >= 11 is 12.2. The van der Waals surface area contributed by atoms with E-state index in [-0.39, 0.29) is 0 Å². The Morgan fingerprint density at radius 2 is 1.19 bits per heavy atom. The van der Waals surface area contributed by atoms with Crippen molar-refractivity contribution >= 4 is 46.5 Å². The summed E-state index contributed by atoms with van der Waals surface area (Å²) in [6.07, 6.45) is -2.82. The molecule has 4 unspecified atom stereocenters. The van der Waals surface area contributed by atoms with Crippen LogP contribution in [0.15, 0.2) is 36.4 Å². The summed E-state index contributed by atoms with van der Waals surface area (Å²) in [5, 5.41) is 21.9. The Hall–Kier alpha value is -2.52. The summed E-state index contributed by atoms with van der Waals surface area (Å²) < 4.78 is 10.9. The van der Waals surface area contributed by atoms with Crippen LogP contribution in [-0.2, 0) is 31.9 Å². The van der Waals surface area contributed by atoms with Gasteiger partial charge in [-0.2, -0.15) is 0 Å². The molecule has 0 saturated heterocycles. The van der Waals surface area contributed by atoms with Crippen molar-refractivity contribution in [3.05, 3.63) is 57.6 Å². The van der Waals surface area contributed by atoms with Crippen LogP contribution in [0.4, 0.5) is 11.4 Å². The van der Waals surface area contributed by atoms with E-state index in [9.17, 15) is 19.8 Å². The first kappa shape index (κ1) is 26.5. The maximum Gasteiger partial charge on any atom is 0.338 e. The Labute approximate surface area is 220 Å². The first-order chi connectivity index (χ1) is 17.1. The van der Waals surface area contributed by atoms with Gasteiger partial charge in [0.1, 0.15) is 12.2 Å². The zero-order chi connectivity index (χ0) is 26.0. The van der Waals surface area contributed by atoms with E-state index in [1.165, 1.54) is 0 Å². The molecule has 10 heteroatoms. The highest BCUT2D eigenvalue weighted by Gasteiger charge is 2.36. The molecule has 2 aromatic carbocycles. The zero-order valence-electron chi connectivity index (χ0n) is 20.2. The number of ether oxygens (including phenoxy) is 2. The highest BCUT2D eigenvalue weighted by atomic mass is 35.5. The van der Waals surface area contributed by atoms with Crippen LogP contribution in [-0.4, -0.2) is 73.8 Å². The second-order valence-electron chi connectivity index (χ2n) is 9.39. The van der Waals surface area contributed by atoms with Gasteiger partial charge < -0.3 is 29.5 Å². The Bertz CT molecular complexity index is 1040. The minimum Gasteiger partial charge on any atom is -0.458 e. The predicted molar refractivity (Wildman–Crippen MR) is 138 cm³/mol. The molecule has 2 heterocycles. The van der Waals surface area contributed by atoms with Crippen LogP contribution in [0.25, 0.3) is 0 Å². The van der Waals surface area contributed by atoms with Crippen LogP contribution in [0.1, 0.15) is 24.0 Å². The first-order valence-electron chi connectivity index (χ1n) is 11.9. The Morgan fingerprint density at radius 3 is 1.58 bits per heavy atom. The van der Waals surface area contributed by atoms with Gasteiger partial charge in [-0.3, -0.25) is 0 Å². The van der Waals surface area contributed by atoms with Gasteiger partial charge in [0.05, 0.1) is 13.1 Å². The van der Waals surface area contributed by atoms with Crippen LogP contribution < -0.4 is 9.80 Å². The molecule has 0 bridgehead atoms. The number of anilines is 2. The van der Waals surface area contributed by atoms with Gasteiger partial charge >= 0.3 is 11.9 Å². The SMILES string of the molecule is CN1CC(OC(=O)C(O)C(O)C(=O)OC2CCc3ccc(Cl)cc3N(C)C2)CCc2ccc(Cl)cc21. The highest BCUT2D eigenvalue weighted by molar-refractivity contribution is 6.31. The lowest BCUT2D eigenvalue weighted by atomic mass is 10.1. The molecule has 4 atom stereocenters. The average molecular weight is 537 g/mol. The summed E-state index contributed by atoms with van der Waals surface area (Å²) in [4.78, 5) is 29.0. The number of carbonyl (C=O) groups is 2. The van der Waals surface area contributed by atoms with Crippen molar-refractivity contribution in [2.75, 3.05) is 37.0 Å². The van der Waals surface area contributed by atoms with Crippen LogP contribution in [0.2, 0.25) is 10.0 Å². The molecular weight excluding hydrogens is 507 g/mol. The van der Waals surface area contributed by atoms with Crippen molar-refractivity contribution in [1.29, 1.82) is 0 Å². The van der Waals surface area contributed by atoms with Crippen molar-refractivity contribution in [2.24, 2.45) is 0 Å². The normalized spacial score (nSPS) is 21.4. The Kier molecular flexibility index (Phi) is 8.30. The van der Waals surface area contributed by atoms with E-state index in [1.807, 2.05) is 60.3 Å². The van der Waals surface area contributed by atoms with E-state index in [1.54, 1.807) is 0 Å². The summed E-state index contributed by atoms with van der Waals surface area (Å²) in [5.74, 6) is -2.14. The molecule has 194 valence electrons. The van der Waals surface area contributed by atoms with Crippen LogP contribution in [0.5, 0.6) is 0 Å². The van der Waals surface area contributed by atoms with Gasteiger partial charge in [0.25, 0.3) is 0 Å². The number of esters is 2. The van der Waals surface area contributed by atoms with Gasteiger partial charge in [-0.05, 0) is 61.1 Å². The number of benzene rings is 2. The van der Waals surface area contributed by atoms with Gasteiger partial charge in [-0.25, -0.2) is 9.59 Å². The Balaban J connectivity index is 1.32. The number of fused-ring (bicyclic) bond motifs is 2. The van der Waals surface area contributed by atoms with Crippen LogP contribution in [0.3, 0.4) is 0 Å². The fraction of sp³-hybridized carbons (Fsp3) is 0.462. The fourth-order valence-corrected chi connectivity index (χ4v) is 5.08. The van der Waals surface area contributed by atoms with Gasteiger partial charge in [0.15, 0.2) is 12.2 Å². The van der Waals surface area contributed by atoms with E-state index in [2.05, 4.69) is 0 Å². The number of aliphatic hydroxyl groups is 2. The number of aliphatic hydroxyl groups excluding tert-OH is 2. The summed E-state index contributed by atoms with van der Waals surface area (Å²) in [6, 6.07) is 11.2. The van der Waals surface area contributed by atoms with Crippen LogP contribution >= 0.6 is 23.2 Å². The van der Waals surface area contributed by atoms with Crippen molar-refractivity contribution in [3.63, 3.8) is 0 Å². The number of hydrogen-bond donors (Lipinski definition) is 2. The topological polar surface area (TPSA) is 99.5 Å².